The largest absolute Gasteiger partial charge is 0.416 e. The zero-order chi connectivity index (χ0) is 28.2. The number of likely N-dealkylation sites (tertiary alicyclic amines) is 1. The van der Waals surface area contributed by atoms with E-state index >= 15 is 0 Å². The van der Waals surface area contributed by atoms with Crippen LogP contribution in [0.15, 0.2) is 42.5 Å². The summed E-state index contributed by atoms with van der Waals surface area (Å²) in [4.78, 5) is 40.8. The average molecular weight is 556 g/mol. The molecule has 10 heteroatoms. The third kappa shape index (κ3) is 5.14. The first-order valence-corrected chi connectivity index (χ1v) is 13.9. The Labute approximate surface area is 230 Å². The van der Waals surface area contributed by atoms with E-state index in [1.165, 1.54) is 17.0 Å². The molecule has 7 nitrogen and oxygen atoms in total. The summed E-state index contributed by atoms with van der Waals surface area (Å²) >= 11 is 0. The van der Waals surface area contributed by atoms with Gasteiger partial charge in [-0.15, -0.1) is 0 Å². The molecule has 3 atom stereocenters. The molecule has 3 aliphatic heterocycles. The Hall–Kier alpha value is -3.24. The molecule has 3 heterocycles. The summed E-state index contributed by atoms with van der Waals surface area (Å²) < 4.78 is 38.9. The topological polar surface area (TPSA) is 90.0 Å². The van der Waals surface area contributed by atoms with Gasteiger partial charge in [0.1, 0.15) is 6.04 Å². The molecule has 1 saturated carbocycles. The SMILES string of the molecule is O=C1CCC(N2Cc3cc(C4(O)CCN(Cc5ccc(C(F)(F)F)cc5)CC4CC4CC4)ccc3C2=O)C(=O)N1. The van der Waals surface area contributed by atoms with Crippen LogP contribution in [0.25, 0.3) is 0 Å². The van der Waals surface area contributed by atoms with Crippen molar-refractivity contribution in [2.45, 2.75) is 69.4 Å². The number of rotatable bonds is 6. The van der Waals surface area contributed by atoms with Crippen molar-refractivity contribution in [2.24, 2.45) is 11.8 Å². The zero-order valence-electron chi connectivity index (χ0n) is 22.0. The maximum Gasteiger partial charge on any atom is 0.416 e. The first kappa shape index (κ1) is 27.0. The van der Waals surface area contributed by atoms with Crippen LogP contribution >= 0.6 is 0 Å². The highest BCUT2D eigenvalue weighted by molar-refractivity contribution is 6.05. The molecule has 3 unspecified atom stereocenters. The van der Waals surface area contributed by atoms with E-state index in [2.05, 4.69) is 10.2 Å². The molecule has 4 aliphatic rings. The van der Waals surface area contributed by atoms with E-state index in [-0.39, 0.29) is 30.7 Å². The number of aliphatic hydroxyl groups is 1. The molecule has 40 heavy (non-hydrogen) atoms. The number of nitrogens with zero attached hydrogens (tertiary/aromatic N) is 2. The molecule has 0 radical (unpaired) electrons. The van der Waals surface area contributed by atoms with E-state index in [1.54, 1.807) is 6.07 Å². The fraction of sp³-hybridized carbons (Fsp3) is 0.500. The Morgan fingerprint density at radius 1 is 1.02 bits per heavy atom. The molecule has 0 spiro atoms. The number of hydrogen-bond acceptors (Lipinski definition) is 5. The normalized spacial score (nSPS) is 27.6. The van der Waals surface area contributed by atoms with Gasteiger partial charge >= 0.3 is 6.18 Å². The summed E-state index contributed by atoms with van der Waals surface area (Å²) in [6, 6.07) is 10.0. The van der Waals surface area contributed by atoms with E-state index in [4.69, 9.17) is 0 Å². The number of carbonyl (C=O) groups is 3. The molecule has 6 rings (SSSR count). The van der Waals surface area contributed by atoms with Crippen molar-refractivity contribution in [2.75, 3.05) is 13.1 Å². The average Bonchev–Trinajstić information content (AvgIpc) is 3.67. The minimum absolute atomic E-state index is 0.0652. The summed E-state index contributed by atoms with van der Waals surface area (Å²) in [5, 5.41) is 14.4. The quantitative estimate of drug-likeness (QED) is 0.527. The van der Waals surface area contributed by atoms with E-state index in [0.29, 0.717) is 44.0 Å². The van der Waals surface area contributed by atoms with Gasteiger partial charge in [0.2, 0.25) is 11.8 Å². The van der Waals surface area contributed by atoms with Gasteiger partial charge in [0.25, 0.3) is 5.91 Å². The second-order valence-electron chi connectivity index (χ2n) is 11.8. The molecular formula is C30H32F3N3O4. The predicted octanol–water partition coefficient (Wildman–Crippen LogP) is 3.98. The summed E-state index contributed by atoms with van der Waals surface area (Å²) in [5.74, 6) is -0.544. The number of benzene rings is 2. The van der Waals surface area contributed by atoms with Gasteiger partial charge in [-0.3, -0.25) is 24.6 Å². The molecule has 3 amide bonds. The minimum Gasteiger partial charge on any atom is -0.385 e. The Morgan fingerprint density at radius 2 is 1.77 bits per heavy atom. The standard InChI is InChI=1S/C30H32F3N3O4/c31-30(32,33)21-5-3-19(4-6-21)15-35-12-11-29(40,23(17-35)13-18-1-2-18)22-7-8-24-20(14-22)16-36(28(24)39)25-9-10-26(37)34-27(25)38/h3-8,14,18,23,25,40H,1-2,9-13,15-17H2,(H,34,37,38). The maximum atomic E-state index is 13.1. The molecule has 3 fully saturated rings. The smallest absolute Gasteiger partial charge is 0.385 e. The highest BCUT2D eigenvalue weighted by Gasteiger charge is 2.46. The summed E-state index contributed by atoms with van der Waals surface area (Å²) in [7, 11) is 0. The van der Waals surface area contributed by atoms with Crippen LogP contribution in [0.1, 0.15) is 71.1 Å². The highest BCUT2D eigenvalue weighted by Crippen LogP contribution is 2.46. The molecular weight excluding hydrogens is 523 g/mol. The van der Waals surface area contributed by atoms with Gasteiger partial charge in [-0.05, 0) is 60.1 Å². The van der Waals surface area contributed by atoms with Gasteiger partial charge in [0, 0.05) is 44.1 Å². The predicted molar refractivity (Wildman–Crippen MR) is 139 cm³/mol. The lowest BCUT2D eigenvalue weighted by atomic mass is 9.73. The molecule has 0 aromatic heterocycles. The first-order valence-electron chi connectivity index (χ1n) is 13.9. The Bertz CT molecular complexity index is 1340. The van der Waals surface area contributed by atoms with Crippen LogP contribution in [-0.2, 0) is 34.5 Å². The summed E-state index contributed by atoms with van der Waals surface area (Å²) in [5.41, 5.74) is 1.06. The number of hydrogen-bond donors (Lipinski definition) is 2. The van der Waals surface area contributed by atoms with Crippen molar-refractivity contribution in [3.63, 3.8) is 0 Å². The minimum atomic E-state index is -4.37. The van der Waals surface area contributed by atoms with Crippen molar-refractivity contribution in [1.82, 2.24) is 15.1 Å². The zero-order valence-corrected chi connectivity index (χ0v) is 22.0. The first-order chi connectivity index (χ1) is 19.0. The van der Waals surface area contributed by atoms with Crippen molar-refractivity contribution >= 4 is 17.7 Å². The Morgan fingerprint density at radius 3 is 2.45 bits per heavy atom. The number of alkyl halides is 3. The lowest BCUT2D eigenvalue weighted by Gasteiger charge is -2.45. The van der Waals surface area contributed by atoms with E-state index in [9.17, 15) is 32.7 Å². The van der Waals surface area contributed by atoms with Crippen molar-refractivity contribution in [3.8, 4) is 0 Å². The van der Waals surface area contributed by atoms with Crippen LogP contribution in [0.5, 0.6) is 0 Å². The lowest BCUT2D eigenvalue weighted by molar-refractivity contribution is -0.138. The fourth-order valence-electron chi connectivity index (χ4n) is 6.54. The molecule has 2 aromatic carbocycles. The summed E-state index contributed by atoms with van der Waals surface area (Å²) in [6.45, 7) is 1.95. The van der Waals surface area contributed by atoms with Gasteiger partial charge < -0.3 is 10.0 Å². The second-order valence-corrected chi connectivity index (χ2v) is 11.8. The van der Waals surface area contributed by atoms with Gasteiger partial charge in [-0.2, -0.15) is 13.2 Å². The monoisotopic (exact) mass is 555 g/mol. The van der Waals surface area contributed by atoms with Crippen molar-refractivity contribution in [3.05, 3.63) is 70.3 Å². The number of amides is 3. The maximum absolute atomic E-state index is 13.1. The van der Waals surface area contributed by atoms with E-state index in [1.807, 2.05) is 12.1 Å². The van der Waals surface area contributed by atoms with Crippen LogP contribution in [0.3, 0.4) is 0 Å². The van der Waals surface area contributed by atoms with Crippen LogP contribution in [0, 0.1) is 11.8 Å². The van der Waals surface area contributed by atoms with Crippen LogP contribution in [0.2, 0.25) is 0 Å². The van der Waals surface area contributed by atoms with Gasteiger partial charge in [0.15, 0.2) is 0 Å². The molecule has 2 N–H and O–H groups in total. The number of halogens is 3. The third-order valence-electron chi connectivity index (χ3n) is 8.99. The number of piperidine rings is 2. The van der Waals surface area contributed by atoms with Gasteiger partial charge in [0.05, 0.1) is 11.2 Å². The Kier molecular flexibility index (Phi) is 6.73. The van der Waals surface area contributed by atoms with Gasteiger partial charge in [-0.25, -0.2) is 0 Å². The van der Waals surface area contributed by atoms with Crippen LogP contribution in [0.4, 0.5) is 13.2 Å². The van der Waals surface area contributed by atoms with Crippen LogP contribution < -0.4 is 5.32 Å². The molecule has 1 aliphatic carbocycles. The van der Waals surface area contributed by atoms with Crippen molar-refractivity contribution < 1.29 is 32.7 Å². The molecule has 0 bridgehead atoms. The van der Waals surface area contributed by atoms with Crippen LogP contribution in [-0.4, -0.2) is 51.8 Å². The Balaban J connectivity index is 1.19. The van der Waals surface area contributed by atoms with E-state index < -0.39 is 29.3 Å². The molecule has 212 valence electrons. The molecule has 2 saturated heterocycles. The third-order valence-corrected chi connectivity index (χ3v) is 8.99. The second kappa shape index (κ2) is 9.99. The fourth-order valence-corrected chi connectivity index (χ4v) is 6.54. The lowest BCUT2D eigenvalue weighted by Crippen LogP contribution is -2.52. The molecule has 2 aromatic rings. The number of imide groups is 1. The van der Waals surface area contributed by atoms with E-state index in [0.717, 1.165) is 48.1 Å². The number of nitrogens with one attached hydrogen (secondary N) is 1. The van der Waals surface area contributed by atoms with Crippen molar-refractivity contribution in [1.29, 1.82) is 0 Å². The summed E-state index contributed by atoms with van der Waals surface area (Å²) in [6.07, 6.45) is -0.301. The number of fused-ring (bicyclic) bond motifs is 1. The highest BCUT2D eigenvalue weighted by atomic mass is 19.4. The number of carbonyl (C=O) groups excluding carboxylic acids is 3. The van der Waals surface area contributed by atoms with Gasteiger partial charge in [-0.1, -0.05) is 37.1 Å².